The molecule has 6 heteroatoms. The number of benzene rings is 1. The van der Waals surface area contributed by atoms with Crippen LogP contribution in [0.4, 0.5) is 0 Å². The zero-order valence-corrected chi connectivity index (χ0v) is 16.7. The lowest BCUT2D eigenvalue weighted by molar-refractivity contribution is -0.155. The van der Waals surface area contributed by atoms with E-state index >= 15 is 0 Å². The maximum Gasteiger partial charge on any atom is 0.329 e. The molecule has 1 aromatic rings. The molecular weight excluding hydrogens is 370 g/mol. The fraction of sp³-hybridized carbons (Fsp3) is 0.600. The molecule has 0 aromatic heterocycles. The second kappa shape index (κ2) is 9.14. The third kappa shape index (κ3) is 4.20. The second-order valence-electron chi connectivity index (χ2n) is 6.97. The van der Waals surface area contributed by atoms with Gasteiger partial charge >= 0.3 is 5.97 Å². The molecule has 1 aromatic carbocycles. The van der Waals surface area contributed by atoms with Crippen LogP contribution >= 0.6 is 23.4 Å². The summed E-state index contributed by atoms with van der Waals surface area (Å²) in [5.41, 5.74) is 0.898. The van der Waals surface area contributed by atoms with Crippen LogP contribution in [0.1, 0.15) is 56.4 Å². The van der Waals surface area contributed by atoms with Gasteiger partial charge in [0.25, 0.3) is 0 Å². The van der Waals surface area contributed by atoms with Crippen LogP contribution in [0.2, 0.25) is 5.02 Å². The summed E-state index contributed by atoms with van der Waals surface area (Å²) in [4.78, 5) is 27.7. The first kappa shape index (κ1) is 19.6. The normalized spacial score (nSPS) is 23.4. The molecule has 0 bridgehead atoms. The number of ether oxygens (including phenoxy) is 1. The zero-order chi connectivity index (χ0) is 18.5. The highest BCUT2D eigenvalue weighted by molar-refractivity contribution is 7.99. The van der Waals surface area contributed by atoms with Crippen LogP contribution in [0.25, 0.3) is 0 Å². The SMILES string of the molecule is CCCCOC(=O)[C@@H]1CS[C@@H](c2ccccc2Cl)N1C(=O)C1CCCC1. The van der Waals surface area contributed by atoms with Gasteiger partial charge in [-0.3, -0.25) is 4.79 Å². The van der Waals surface area contributed by atoms with Crippen LogP contribution in [-0.2, 0) is 14.3 Å². The summed E-state index contributed by atoms with van der Waals surface area (Å²) in [6.45, 7) is 2.47. The predicted molar refractivity (Wildman–Crippen MR) is 105 cm³/mol. The molecule has 142 valence electrons. The molecule has 3 rings (SSSR count). The van der Waals surface area contributed by atoms with Crippen molar-refractivity contribution in [2.45, 2.75) is 56.9 Å². The Kier molecular flexibility index (Phi) is 6.87. The van der Waals surface area contributed by atoms with Gasteiger partial charge in [-0.05, 0) is 25.3 Å². The van der Waals surface area contributed by atoms with Crippen molar-refractivity contribution in [1.29, 1.82) is 0 Å². The van der Waals surface area contributed by atoms with Gasteiger partial charge in [0.1, 0.15) is 11.4 Å². The fourth-order valence-corrected chi connectivity index (χ4v) is 5.43. The van der Waals surface area contributed by atoms with Gasteiger partial charge in [-0.1, -0.05) is 56.0 Å². The molecule has 1 aliphatic heterocycles. The van der Waals surface area contributed by atoms with Crippen molar-refractivity contribution >= 4 is 35.2 Å². The van der Waals surface area contributed by atoms with Gasteiger partial charge < -0.3 is 9.64 Å². The number of thioether (sulfide) groups is 1. The Morgan fingerprint density at radius 3 is 2.69 bits per heavy atom. The van der Waals surface area contributed by atoms with Crippen LogP contribution in [0.15, 0.2) is 24.3 Å². The summed E-state index contributed by atoms with van der Waals surface area (Å²) in [7, 11) is 0. The molecule has 1 amide bonds. The van der Waals surface area contributed by atoms with E-state index in [1.165, 1.54) is 0 Å². The Hall–Kier alpha value is -1.20. The molecule has 1 saturated carbocycles. The first-order valence-electron chi connectivity index (χ1n) is 9.48. The van der Waals surface area contributed by atoms with E-state index in [0.717, 1.165) is 44.1 Å². The monoisotopic (exact) mass is 395 g/mol. The molecule has 2 fully saturated rings. The van der Waals surface area contributed by atoms with Crippen molar-refractivity contribution in [3.8, 4) is 0 Å². The van der Waals surface area contributed by atoms with E-state index in [9.17, 15) is 9.59 Å². The first-order chi connectivity index (χ1) is 12.6. The van der Waals surface area contributed by atoms with Gasteiger partial charge in [-0.15, -0.1) is 11.8 Å². The quantitative estimate of drug-likeness (QED) is 0.512. The zero-order valence-electron chi connectivity index (χ0n) is 15.2. The molecule has 4 nitrogen and oxygen atoms in total. The smallest absolute Gasteiger partial charge is 0.329 e. The molecule has 1 aliphatic carbocycles. The van der Waals surface area contributed by atoms with E-state index in [-0.39, 0.29) is 23.2 Å². The minimum absolute atomic E-state index is 0.0182. The fourth-order valence-electron chi connectivity index (χ4n) is 3.67. The standard InChI is InChI=1S/C20H26ClNO3S/c1-2-3-12-25-20(24)17-13-26-19(15-10-6-7-11-16(15)21)22(17)18(23)14-8-4-5-9-14/h6-7,10-11,14,17,19H,2-5,8-9,12-13H2,1H3/t17-,19-/m0/s1. The number of carbonyl (C=O) groups is 2. The summed E-state index contributed by atoms with van der Waals surface area (Å²) >= 11 is 8.00. The van der Waals surface area contributed by atoms with Crippen LogP contribution in [0.3, 0.4) is 0 Å². The highest BCUT2D eigenvalue weighted by atomic mass is 35.5. The summed E-state index contributed by atoms with van der Waals surface area (Å²) in [6.07, 6.45) is 5.80. The lowest BCUT2D eigenvalue weighted by Crippen LogP contribution is -2.46. The predicted octanol–water partition coefficient (Wildman–Crippen LogP) is 4.82. The minimum Gasteiger partial charge on any atom is -0.464 e. The van der Waals surface area contributed by atoms with E-state index in [4.69, 9.17) is 16.3 Å². The molecular formula is C20H26ClNO3S. The van der Waals surface area contributed by atoms with Crippen LogP contribution < -0.4 is 0 Å². The number of nitrogens with zero attached hydrogens (tertiary/aromatic N) is 1. The topological polar surface area (TPSA) is 46.6 Å². The van der Waals surface area contributed by atoms with Gasteiger partial charge in [0.15, 0.2) is 0 Å². The summed E-state index contributed by atoms with van der Waals surface area (Å²) in [5, 5.41) is 0.412. The van der Waals surface area contributed by atoms with Gasteiger partial charge in [0.2, 0.25) is 5.91 Å². The van der Waals surface area contributed by atoms with Crippen molar-refractivity contribution in [2.24, 2.45) is 5.92 Å². The summed E-state index contributed by atoms with van der Waals surface area (Å²) < 4.78 is 5.44. The van der Waals surface area contributed by atoms with Gasteiger partial charge in [-0.25, -0.2) is 4.79 Å². The average molecular weight is 396 g/mol. The van der Waals surface area contributed by atoms with Crippen molar-refractivity contribution < 1.29 is 14.3 Å². The Balaban J connectivity index is 1.83. The Morgan fingerprint density at radius 1 is 1.27 bits per heavy atom. The molecule has 26 heavy (non-hydrogen) atoms. The maximum atomic E-state index is 13.2. The molecule has 0 radical (unpaired) electrons. The third-order valence-corrected chi connectivity index (χ3v) is 6.79. The number of rotatable bonds is 6. The van der Waals surface area contributed by atoms with Crippen LogP contribution in [-0.4, -0.2) is 35.2 Å². The third-order valence-electron chi connectivity index (χ3n) is 5.14. The molecule has 0 N–H and O–H groups in total. The van der Waals surface area contributed by atoms with Crippen molar-refractivity contribution in [3.63, 3.8) is 0 Å². The number of esters is 1. The summed E-state index contributed by atoms with van der Waals surface area (Å²) in [5.74, 6) is 0.366. The minimum atomic E-state index is -0.522. The van der Waals surface area contributed by atoms with E-state index in [0.29, 0.717) is 17.4 Å². The van der Waals surface area contributed by atoms with Crippen molar-refractivity contribution in [2.75, 3.05) is 12.4 Å². The largest absolute Gasteiger partial charge is 0.464 e. The highest BCUT2D eigenvalue weighted by Gasteiger charge is 2.45. The van der Waals surface area contributed by atoms with E-state index in [1.807, 2.05) is 24.3 Å². The molecule has 1 saturated heterocycles. The highest BCUT2D eigenvalue weighted by Crippen LogP contribution is 2.45. The molecule has 0 spiro atoms. The number of unbranched alkanes of at least 4 members (excludes halogenated alkanes) is 1. The van der Waals surface area contributed by atoms with E-state index in [2.05, 4.69) is 6.92 Å². The maximum absolute atomic E-state index is 13.2. The number of amides is 1. The van der Waals surface area contributed by atoms with Crippen LogP contribution in [0.5, 0.6) is 0 Å². The van der Waals surface area contributed by atoms with Gasteiger partial charge in [-0.2, -0.15) is 0 Å². The van der Waals surface area contributed by atoms with Crippen molar-refractivity contribution in [3.05, 3.63) is 34.9 Å². The number of hydrogen-bond acceptors (Lipinski definition) is 4. The second-order valence-corrected chi connectivity index (χ2v) is 8.49. The first-order valence-corrected chi connectivity index (χ1v) is 10.9. The number of halogens is 1. The number of carbonyl (C=O) groups excluding carboxylic acids is 2. The lowest BCUT2D eigenvalue weighted by Gasteiger charge is -2.31. The number of hydrogen-bond donors (Lipinski definition) is 0. The van der Waals surface area contributed by atoms with Gasteiger partial charge in [0.05, 0.1) is 6.61 Å². The van der Waals surface area contributed by atoms with E-state index in [1.54, 1.807) is 16.7 Å². The summed E-state index contributed by atoms with van der Waals surface area (Å²) in [6, 6.07) is 7.06. The molecule has 2 aliphatic rings. The average Bonchev–Trinajstić information content (AvgIpc) is 3.32. The van der Waals surface area contributed by atoms with Crippen LogP contribution in [0, 0.1) is 5.92 Å². The Bertz CT molecular complexity index is 648. The van der Waals surface area contributed by atoms with E-state index < -0.39 is 6.04 Å². The Labute approximate surface area is 164 Å². The Morgan fingerprint density at radius 2 is 2.00 bits per heavy atom. The molecule has 2 atom stereocenters. The molecule has 0 unspecified atom stereocenters. The van der Waals surface area contributed by atoms with Gasteiger partial charge in [0, 0.05) is 22.3 Å². The van der Waals surface area contributed by atoms with Crippen molar-refractivity contribution in [1.82, 2.24) is 4.90 Å². The molecule has 1 heterocycles. The lowest BCUT2D eigenvalue weighted by atomic mass is 10.0.